The molecule has 0 amide bonds. The first-order valence-corrected chi connectivity index (χ1v) is 5.39. The molecule has 2 rings (SSSR count). The van der Waals surface area contributed by atoms with Gasteiger partial charge in [0.1, 0.15) is 6.07 Å². The number of carbonyl (C=O) groups is 1. The zero-order valence-electron chi connectivity index (χ0n) is 8.85. The van der Waals surface area contributed by atoms with E-state index in [-0.39, 0.29) is 5.78 Å². The first kappa shape index (κ1) is 11.4. The van der Waals surface area contributed by atoms with Crippen LogP contribution in [0.5, 0.6) is 0 Å². The minimum absolute atomic E-state index is 0.0785. The Kier molecular flexibility index (Phi) is 3.22. The van der Waals surface area contributed by atoms with E-state index in [0.29, 0.717) is 21.7 Å². The maximum absolute atomic E-state index is 11.0. The molecule has 0 radical (unpaired) electrons. The number of halogens is 1. The van der Waals surface area contributed by atoms with Gasteiger partial charge in [0.05, 0.1) is 5.57 Å². The zero-order chi connectivity index (χ0) is 12.3. The van der Waals surface area contributed by atoms with Gasteiger partial charge in [-0.3, -0.25) is 4.79 Å². The fourth-order valence-electron chi connectivity index (χ4n) is 1.57. The van der Waals surface area contributed by atoms with E-state index in [9.17, 15) is 10.1 Å². The Bertz CT molecular complexity index is 585. The Morgan fingerprint density at radius 2 is 1.76 bits per heavy atom. The van der Waals surface area contributed by atoms with E-state index < -0.39 is 0 Å². The van der Waals surface area contributed by atoms with Crippen molar-refractivity contribution in [1.82, 2.24) is 0 Å². The predicted molar refractivity (Wildman–Crippen MR) is 67.3 cm³/mol. The topological polar surface area (TPSA) is 40.9 Å². The lowest BCUT2D eigenvalue weighted by Crippen LogP contribution is -1.95. The number of nitrogens with zero attached hydrogens (tertiary/aromatic N) is 1. The van der Waals surface area contributed by atoms with Crippen LogP contribution in [0.25, 0.3) is 5.57 Å². The van der Waals surface area contributed by atoms with Gasteiger partial charge in [-0.1, -0.05) is 29.8 Å². The van der Waals surface area contributed by atoms with E-state index in [4.69, 9.17) is 11.6 Å². The summed E-state index contributed by atoms with van der Waals surface area (Å²) in [4.78, 5) is 11.0. The van der Waals surface area contributed by atoms with Crippen molar-refractivity contribution in [2.24, 2.45) is 0 Å². The average Bonchev–Trinajstić information content (AvgIpc) is 2.35. The summed E-state index contributed by atoms with van der Waals surface area (Å²) in [6.45, 7) is 0. The molecule has 0 N–H and O–H groups in total. The summed E-state index contributed by atoms with van der Waals surface area (Å²) < 4.78 is 0. The maximum Gasteiger partial charge on any atom is 0.178 e. The highest BCUT2D eigenvalue weighted by molar-refractivity contribution is 6.32. The van der Waals surface area contributed by atoms with E-state index in [1.54, 1.807) is 24.3 Å². The van der Waals surface area contributed by atoms with E-state index in [0.717, 1.165) is 0 Å². The minimum atomic E-state index is -0.0785. The molecule has 82 valence electrons. The number of benzene rings is 1. The summed E-state index contributed by atoms with van der Waals surface area (Å²) in [5.41, 5.74) is 1.84. The summed E-state index contributed by atoms with van der Waals surface area (Å²) in [5.74, 6) is -0.0785. The molecule has 0 atom stereocenters. The predicted octanol–water partition coefficient (Wildman–Crippen LogP) is 3.31. The van der Waals surface area contributed by atoms with Crippen LogP contribution >= 0.6 is 11.6 Å². The van der Waals surface area contributed by atoms with Gasteiger partial charge in [-0.2, -0.15) is 5.26 Å². The standard InChI is InChI=1S/C14H8ClNO/c15-14-4-2-1-3-12(14)13(9-16)10-5-7-11(17)8-6-10/h1-8H. The molecule has 0 fully saturated rings. The number of hydrogen-bond donors (Lipinski definition) is 0. The third-order valence-electron chi connectivity index (χ3n) is 2.40. The molecule has 0 spiro atoms. The molecule has 0 unspecified atom stereocenters. The second-order valence-corrected chi connectivity index (χ2v) is 3.90. The van der Waals surface area contributed by atoms with Crippen LogP contribution in [-0.4, -0.2) is 5.78 Å². The van der Waals surface area contributed by atoms with Crippen LogP contribution in [-0.2, 0) is 4.79 Å². The molecular weight excluding hydrogens is 234 g/mol. The molecule has 0 heterocycles. The monoisotopic (exact) mass is 241 g/mol. The fraction of sp³-hybridized carbons (Fsp3) is 0. The molecule has 1 aliphatic carbocycles. The van der Waals surface area contributed by atoms with Gasteiger partial charge in [0.2, 0.25) is 0 Å². The number of nitriles is 1. The molecule has 0 aromatic heterocycles. The normalized spacial score (nSPS) is 13.6. The van der Waals surface area contributed by atoms with Gasteiger partial charge in [-0.15, -0.1) is 0 Å². The lowest BCUT2D eigenvalue weighted by Gasteiger charge is -2.06. The fourth-order valence-corrected chi connectivity index (χ4v) is 1.80. The molecule has 1 aromatic rings. The number of ketones is 1. The molecule has 1 aromatic carbocycles. The highest BCUT2D eigenvalue weighted by Gasteiger charge is 2.10. The molecule has 0 saturated carbocycles. The van der Waals surface area contributed by atoms with Gasteiger partial charge in [0.15, 0.2) is 5.78 Å². The van der Waals surface area contributed by atoms with Gasteiger partial charge in [-0.25, -0.2) is 0 Å². The van der Waals surface area contributed by atoms with Crippen LogP contribution in [0.4, 0.5) is 0 Å². The SMILES string of the molecule is N#CC(=C1C=CC(=O)C=C1)c1ccccc1Cl. The minimum Gasteiger partial charge on any atom is -0.290 e. The van der Waals surface area contributed by atoms with Crippen LogP contribution in [0.3, 0.4) is 0 Å². The molecular formula is C14H8ClNO. The molecule has 1 aliphatic rings. The van der Waals surface area contributed by atoms with Crippen LogP contribution in [0.15, 0.2) is 54.1 Å². The van der Waals surface area contributed by atoms with Crippen LogP contribution in [0.1, 0.15) is 5.56 Å². The van der Waals surface area contributed by atoms with E-state index in [1.807, 2.05) is 12.1 Å². The van der Waals surface area contributed by atoms with Gasteiger partial charge < -0.3 is 0 Å². The maximum atomic E-state index is 11.0. The van der Waals surface area contributed by atoms with Crippen molar-refractivity contribution in [3.05, 3.63) is 64.7 Å². The first-order chi connectivity index (χ1) is 8.22. The van der Waals surface area contributed by atoms with Crippen molar-refractivity contribution >= 4 is 23.0 Å². The smallest absolute Gasteiger partial charge is 0.178 e. The molecule has 3 heteroatoms. The summed E-state index contributed by atoms with van der Waals surface area (Å²) in [6.07, 6.45) is 6.13. The Morgan fingerprint density at radius 3 is 2.35 bits per heavy atom. The van der Waals surface area contributed by atoms with E-state index >= 15 is 0 Å². The molecule has 0 bridgehead atoms. The van der Waals surface area contributed by atoms with Crippen molar-refractivity contribution in [3.8, 4) is 6.07 Å². The van der Waals surface area contributed by atoms with Crippen LogP contribution in [0.2, 0.25) is 5.02 Å². The van der Waals surface area contributed by atoms with Crippen molar-refractivity contribution in [2.75, 3.05) is 0 Å². The largest absolute Gasteiger partial charge is 0.290 e. The van der Waals surface area contributed by atoms with Crippen molar-refractivity contribution in [1.29, 1.82) is 5.26 Å². The third kappa shape index (κ3) is 2.35. The Balaban J connectivity index is 2.56. The van der Waals surface area contributed by atoms with Crippen molar-refractivity contribution in [3.63, 3.8) is 0 Å². The summed E-state index contributed by atoms with van der Waals surface area (Å²) >= 11 is 6.05. The lowest BCUT2D eigenvalue weighted by molar-refractivity contribution is -0.110. The Hall–Kier alpha value is -2.11. The summed E-state index contributed by atoms with van der Waals surface area (Å²) in [7, 11) is 0. The number of allylic oxidation sites excluding steroid dienone is 6. The molecule has 2 nitrogen and oxygen atoms in total. The van der Waals surface area contributed by atoms with Gasteiger partial charge >= 0.3 is 0 Å². The van der Waals surface area contributed by atoms with Gasteiger partial charge in [0.25, 0.3) is 0 Å². The average molecular weight is 242 g/mol. The molecule has 0 aliphatic heterocycles. The number of hydrogen-bond acceptors (Lipinski definition) is 2. The van der Waals surface area contributed by atoms with Crippen molar-refractivity contribution < 1.29 is 4.79 Å². The quantitative estimate of drug-likeness (QED) is 0.708. The van der Waals surface area contributed by atoms with E-state index in [1.165, 1.54) is 12.2 Å². The van der Waals surface area contributed by atoms with Crippen molar-refractivity contribution in [2.45, 2.75) is 0 Å². The molecule has 0 saturated heterocycles. The molecule has 17 heavy (non-hydrogen) atoms. The van der Waals surface area contributed by atoms with E-state index in [2.05, 4.69) is 6.07 Å². The van der Waals surface area contributed by atoms with Gasteiger partial charge in [0, 0.05) is 10.6 Å². The highest BCUT2D eigenvalue weighted by atomic mass is 35.5. The first-order valence-electron chi connectivity index (χ1n) is 5.02. The summed E-state index contributed by atoms with van der Waals surface area (Å²) in [5, 5.41) is 9.73. The van der Waals surface area contributed by atoms with Crippen LogP contribution < -0.4 is 0 Å². The second-order valence-electron chi connectivity index (χ2n) is 3.49. The Morgan fingerprint density at radius 1 is 1.12 bits per heavy atom. The number of rotatable bonds is 1. The Labute approximate surface area is 104 Å². The highest BCUT2D eigenvalue weighted by Crippen LogP contribution is 2.27. The second kappa shape index (κ2) is 4.82. The lowest BCUT2D eigenvalue weighted by atomic mass is 9.97. The van der Waals surface area contributed by atoms with Gasteiger partial charge in [-0.05, 0) is 35.9 Å². The summed E-state index contributed by atoms with van der Waals surface area (Å²) in [6, 6.07) is 9.27. The number of carbonyl (C=O) groups excluding carboxylic acids is 1. The third-order valence-corrected chi connectivity index (χ3v) is 2.73. The van der Waals surface area contributed by atoms with Crippen LogP contribution in [0, 0.1) is 11.3 Å². The zero-order valence-corrected chi connectivity index (χ0v) is 9.61.